The van der Waals surface area contributed by atoms with Crippen LogP contribution in [-0.2, 0) is 16.1 Å². The van der Waals surface area contributed by atoms with E-state index in [1.54, 1.807) is 23.3 Å². The molecule has 108 valence electrons. The van der Waals surface area contributed by atoms with Crippen molar-refractivity contribution in [2.75, 3.05) is 20.3 Å². The quantitative estimate of drug-likeness (QED) is 0.756. The van der Waals surface area contributed by atoms with Crippen LogP contribution in [0.4, 0.5) is 0 Å². The minimum atomic E-state index is -0.392. The number of rotatable bonds is 9. The fourth-order valence-electron chi connectivity index (χ4n) is 1.84. The Kier molecular flexibility index (Phi) is 7.70. The molecule has 0 aliphatic heterocycles. The number of hydrogen-bond donors (Lipinski definition) is 1. The zero-order valence-corrected chi connectivity index (χ0v) is 12.6. The number of nitrogens with zero attached hydrogens (tertiary/aromatic N) is 1. The Labute approximate surface area is 119 Å². The highest BCUT2D eigenvalue weighted by atomic mass is 32.1. The molecule has 1 aromatic heterocycles. The Bertz CT molecular complexity index is 354. The molecular formula is C14H24N2O2S. The Morgan fingerprint density at radius 2 is 2.37 bits per heavy atom. The molecule has 1 aromatic rings. The van der Waals surface area contributed by atoms with Crippen molar-refractivity contribution in [3.63, 3.8) is 0 Å². The predicted octanol–water partition coefficient (Wildman–Crippen LogP) is 2.24. The fraction of sp³-hybridized carbons (Fsp3) is 0.643. The van der Waals surface area contributed by atoms with Crippen LogP contribution >= 0.6 is 11.3 Å². The summed E-state index contributed by atoms with van der Waals surface area (Å²) in [5.74, 6) is 0.0268. The van der Waals surface area contributed by atoms with E-state index in [1.807, 2.05) is 17.5 Å². The van der Waals surface area contributed by atoms with Crippen LogP contribution in [0.3, 0.4) is 0 Å². The standard InChI is InChI=1S/C14H24N2O2S/c1-3-4-7-13(15)14(17)16(8-9-18-2)11-12-6-5-10-19-12/h5-6,10,13H,3-4,7-9,11,15H2,1-2H3/t13-/m0/s1. The van der Waals surface area contributed by atoms with E-state index >= 15 is 0 Å². The molecule has 0 aromatic carbocycles. The van der Waals surface area contributed by atoms with E-state index in [0.717, 1.165) is 19.3 Å². The number of methoxy groups -OCH3 is 1. The van der Waals surface area contributed by atoms with Crippen LogP contribution < -0.4 is 5.73 Å². The highest BCUT2D eigenvalue weighted by Crippen LogP contribution is 2.13. The number of thiophene rings is 1. The number of carbonyl (C=O) groups excluding carboxylic acids is 1. The van der Waals surface area contributed by atoms with E-state index in [0.29, 0.717) is 19.7 Å². The summed E-state index contributed by atoms with van der Waals surface area (Å²) < 4.78 is 5.07. The second-order valence-electron chi connectivity index (χ2n) is 4.58. The van der Waals surface area contributed by atoms with Gasteiger partial charge in [-0.25, -0.2) is 0 Å². The van der Waals surface area contributed by atoms with Crippen LogP contribution in [0.25, 0.3) is 0 Å². The molecule has 0 saturated heterocycles. The smallest absolute Gasteiger partial charge is 0.239 e. The number of ether oxygens (including phenoxy) is 1. The number of carbonyl (C=O) groups is 1. The summed E-state index contributed by atoms with van der Waals surface area (Å²) in [7, 11) is 1.64. The lowest BCUT2D eigenvalue weighted by Crippen LogP contribution is -2.44. The largest absolute Gasteiger partial charge is 0.383 e. The second kappa shape index (κ2) is 9.07. The van der Waals surface area contributed by atoms with Gasteiger partial charge >= 0.3 is 0 Å². The lowest BCUT2D eigenvalue weighted by Gasteiger charge is -2.25. The first-order chi connectivity index (χ1) is 9.19. The molecule has 0 radical (unpaired) electrons. The molecule has 0 aliphatic carbocycles. The van der Waals surface area contributed by atoms with Crippen molar-refractivity contribution in [2.45, 2.75) is 38.8 Å². The second-order valence-corrected chi connectivity index (χ2v) is 5.61. The van der Waals surface area contributed by atoms with Crippen LogP contribution in [0, 0.1) is 0 Å². The minimum Gasteiger partial charge on any atom is -0.383 e. The van der Waals surface area contributed by atoms with Gasteiger partial charge in [0.1, 0.15) is 0 Å². The molecule has 0 fully saturated rings. The summed E-state index contributed by atoms with van der Waals surface area (Å²) >= 11 is 1.66. The summed E-state index contributed by atoms with van der Waals surface area (Å²) in [6.45, 7) is 3.86. The van der Waals surface area contributed by atoms with Gasteiger partial charge in [-0.1, -0.05) is 25.8 Å². The molecule has 0 spiro atoms. The first-order valence-corrected chi connectivity index (χ1v) is 7.62. The van der Waals surface area contributed by atoms with Crippen LogP contribution in [0.1, 0.15) is 31.1 Å². The normalized spacial score (nSPS) is 12.4. The number of nitrogens with two attached hydrogens (primary N) is 1. The lowest BCUT2D eigenvalue weighted by molar-refractivity contribution is -0.134. The minimum absolute atomic E-state index is 0.0268. The van der Waals surface area contributed by atoms with E-state index in [9.17, 15) is 4.79 Å². The van der Waals surface area contributed by atoms with Gasteiger partial charge in [0, 0.05) is 18.5 Å². The van der Waals surface area contributed by atoms with E-state index < -0.39 is 6.04 Å². The van der Waals surface area contributed by atoms with Crippen molar-refractivity contribution in [2.24, 2.45) is 5.73 Å². The van der Waals surface area contributed by atoms with Gasteiger partial charge in [-0.15, -0.1) is 11.3 Å². The third-order valence-corrected chi connectivity index (χ3v) is 3.85. The van der Waals surface area contributed by atoms with Crippen molar-refractivity contribution in [1.82, 2.24) is 4.90 Å². The van der Waals surface area contributed by atoms with E-state index in [4.69, 9.17) is 10.5 Å². The molecule has 1 heterocycles. The average molecular weight is 284 g/mol. The third-order valence-electron chi connectivity index (χ3n) is 2.99. The first-order valence-electron chi connectivity index (χ1n) is 6.74. The Hall–Kier alpha value is -0.910. The molecule has 5 heteroatoms. The van der Waals surface area contributed by atoms with Crippen molar-refractivity contribution >= 4 is 17.2 Å². The zero-order chi connectivity index (χ0) is 14.1. The molecule has 1 atom stereocenters. The van der Waals surface area contributed by atoms with Crippen LogP contribution in [-0.4, -0.2) is 37.1 Å². The topological polar surface area (TPSA) is 55.6 Å². The Morgan fingerprint density at radius 1 is 1.58 bits per heavy atom. The maximum atomic E-state index is 12.3. The maximum Gasteiger partial charge on any atom is 0.239 e. The first kappa shape index (κ1) is 16.1. The van der Waals surface area contributed by atoms with E-state index in [-0.39, 0.29) is 5.91 Å². The van der Waals surface area contributed by atoms with Gasteiger partial charge in [-0.2, -0.15) is 0 Å². The van der Waals surface area contributed by atoms with Gasteiger partial charge in [0.25, 0.3) is 0 Å². The molecule has 4 nitrogen and oxygen atoms in total. The predicted molar refractivity (Wildman–Crippen MR) is 79.1 cm³/mol. The van der Waals surface area contributed by atoms with E-state index in [2.05, 4.69) is 6.92 Å². The summed E-state index contributed by atoms with van der Waals surface area (Å²) in [6, 6.07) is 3.64. The molecule has 2 N–H and O–H groups in total. The van der Waals surface area contributed by atoms with Gasteiger partial charge in [0.15, 0.2) is 0 Å². The maximum absolute atomic E-state index is 12.3. The number of amides is 1. The summed E-state index contributed by atoms with van der Waals surface area (Å²) in [6.07, 6.45) is 2.80. The highest BCUT2D eigenvalue weighted by molar-refractivity contribution is 7.09. The van der Waals surface area contributed by atoms with Crippen molar-refractivity contribution < 1.29 is 9.53 Å². The number of hydrogen-bond acceptors (Lipinski definition) is 4. The summed E-state index contributed by atoms with van der Waals surface area (Å²) in [5, 5.41) is 2.02. The molecule has 19 heavy (non-hydrogen) atoms. The van der Waals surface area contributed by atoms with Gasteiger partial charge in [-0.05, 0) is 17.9 Å². The molecule has 1 rings (SSSR count). The van der Waals surface area contributed by atoms with Crippen molar-refractivity contribution in [3.8, 4) is 0 Å². The van der Waals surface area contributed by atoms with Crippen LogP contribution in [0.5, 0.6) is 0 Å². The third kappa shape index (κ3) is 5.72. The van der Waals surface area contributed by atoms with Crippen molar-refractivity contribution in [3.05, 3.63) is 22.4 Å². The van der Waals surface area contributed by atoms with E-state index in [1.165, 1.54) is 4.88 Å². The Balaban J connectivity index is 2.58. The zero-order valence-electron chi connectivity index (χ0n) is 11.8. The van der Waals surface area contributed by atoms with Gasteiger partial charge < -0.3 is 15.4 Å². The fourth-order valence-corrected chi connectivity index (χ4v) is 2.56. The molecule has 0 bridgehead atoms. The number of unbranched alkanes of at least 4 members (excludes halogenated alkanes) is 1. The Morgan fingerprint density at radius 3 is 2.95 bits per heavy atom. The SMILES string of the molecule is CCCC[C@H](N)C(=O)N(CCOC)Cc1cccs1. The summed E-state index contributed by atoms with van der Waals surface area (Å²) in [5.41, 5.74) is 5.98. The average Bonchev–Trinajstić information content (AvgIpc) is 2.92. The molecule has 0 aliphatic rings. The molecule has 1 amide bonds. The van der Waals surface area contributed by atoms with Crippen LogP contribution in [0.15, 0.2) is 17.5 Å². The van der Waals surface area contributed by atoms with Crippen LogP contribution in [0.2, 0.25) is 0 Å². The summed E-state index contributed by atoms with van der Waals surface area (Å²) in [4.78, 5) is 15.3. The lowest BCUT2D eigenvalue weighted by atomic mass is 10.1. The van der Waals surface area contributed by atoms with Gasteiger partial charge in [-0.3, -0.25) is 4.79 Å². The monoisotopic (exact) mass is 284 g/mol. The van der Waals surface area contributed by atoms with Gasteiger partial charge in [0.2, 0.25) is 5.91 Å². The molecule has 0 saturated carbocycles. The van der Waals surface area contributed by atoms with Crippen molar-refractivity contribution in [1.29, 1.82) is 0 Å². The highest BCUT2D eigenvalue weighted by Gasteiger charge is 2.20. The van der Waals surface area contributed by atoms with Gasteiger partial charge in [0.05, 0.1) is 19.2 Å². The molecular weight excluding hydrogens is 260 g/mol. The molecule has 0 unspecified atom stereocenters.